The molecule has 0 spiro atoms. The lowest BCUT2D eigenvalue weighted by atomic mass is 10.1. The van der Waals surface area contributed by atoms with E-state index in [1.807, 2.05) is 18.2 Å². The molecule has 0 unspecified atom stereocenters. The van der Waals surface area contributed by atoms with Gasteiger partial charge in [-0.1, -0.05) is 24.9 Å². The minimum Gasteiger partial charge on any atom is -0.264 e. The van der Waals surface area contributed by atoms with Crippen LogP contribution in [-0.4, -0.2) is 15.2 Å². The van der Waals surface area contributed by atoms with E-state index in [1.165, 1.54) is 0 Å². The summed E-state index contributed by atoms with van der Waals surface area (Å²) in [4.78, 5) is 4.06. The van der Waals surface area contributed by atoms with Crippen molar-refractivity contribution in [2.75, 3.05) is 0 Å². The number of hydrogen-bond donors (Lipinski definition) is 0. The highest BCUT2D eigenvalue weighted by Gasteiger charge is 2.06. The Kier molecular flexibility index (Phi) is 3.47. The third-order valence-electron chi connectivity index (χ3n) is 2.30. The Labute approximate surface area is 99.5 Å². The van der Waals surface area contributed by atoms with Crippen molar-refractivity contribution in [2.24, 2.45) is 0 Å². The molecule has 3 nitrogen and oxygen atoms in total. The van der Waals surface area contributed by atoms with Gasteiger partial charge in [0.2, 0.25) is 0 Å². The quantitative estimate of drug-likeness (QED) is 0.818. The second-order valence-electron chi connectivity index (χ2n) is 3.54. The molecule has 0 aliphatic heterocycles. The van der Waals surface area contributed by atoms with Crippen LogP contribution in [0.5, 0.6) is 0 Å². The number of halogens is 1. The average molecular weight is 234 g/mol. The lowest BCUT2D eigenvalue weighted by Gasteiger charge is -2.04. The first-order chi connectivity index (χ1) is 7.81. The van der Waals surface area contributed by atoms with Gasteiger partial charge in [-0.3, -0.25) is 4.98 Å². The molecule has 0 radical (unpaired) electrons. The van der Waals surface area contributed by atoms with Gasteiger partial charge >= 0.3 is 0 Å². The molecule has 0 fully saturated rings. The van der Waals surface area contributed by atoms with E-state index in [-0.39, 0.29) is 0 Å². The Balaban J connectivity index is 2.40. The average Bonchev–Trinajstić information content (AvgIpc) is 2.33. The third-order valence-corrected chi connectivity index (χ3v) is 2.62. The topological polar surface area (TPSA) is 38.7 Å². The molecule has 4 heteroatoms. The fourth-order valence-corrected chi connectivity index (χ4v) is 1.70. The monoisotopic (exact) mass is 233 g/mol. The Bertz CT molecular complexity index is 471. The van der Waals surface area contributed by atoms with Gasteiger partial charge in [0.05, 0.1) is 5.69 Å². The zero-order valence-corrected chi connectivity index (χ0v) is 9.78. The van der Waals surface area contributed by atoms with Gasteiger partial charge in [0, 0.05) is 18.0 Å². The molecule has 2 aromatic heterocycles. The Morgan fingerprint density at radius 2 is 2.19 bits per heavy atom. The number of pyridine rings is 1. The second-order valence-corrected chi connectivity index (χ2v) is 3.90. The lowest BCUT2D eigenvalue weighted by molar-refractivity contribution is 0.895. The number of nitrogens with zero attached hydrogens (tertiary/aromatic N) is 3. The zero-order chi connectivity index (χ0) is 11.4. The van der Waals surface area contributed by atoms with E-state index < -0.39 is 0 Å². The summed E-state index contributed by atoms with van der Waals surface area (Å²) in [5.41, 5.74) is 2.82. The van der Waals surface area contributed by atoms with Crippen LogP contribution in [0.1, 0.15) is 18.9 Å². The Hall–Kier alpha value is -1.48. The van der Waals surface area contributed by atoms with Crippen LogP contribution in [0.15, 0.2) is 30.6 Å². The smallest absolute Gasteiger partial charge is 0.154 e. The van der Waals surface area contributed by atoms with E-state index in [1.54, 1.807) is 12.4 Å². The maximum atomic E-state index is 5.97. The maximum Gasteiger partial charge on any atom is 0.154 e. The van der Waals surface area contributed by atoms with Gasteiger partial charge < -0.3 is 0 Å². The number of aromatic nitrogens is 3. The van der Waals surface area contributed by atoms with E-state index >= 15 is 0 Å². The van der Waals surface area contributed by atoms with Gasteiger partial charge in [-0.05, 0) is 30.2 Å². The fourth-order valence-electron chi connectivity index (χ4n) is 1.52. The summed E-state index contributed by atoms with van der Waals surface area (Å²) in [6.45, 7) is 2.11. The van der Waals surface area contributed by atoms with Crippen molar-refractivity contribution in [3.8, 4) is 11.3 Å². The Morgan fingerprint density at radius 3 is 2.88 bits per heavy atom. The molecule has 0 aliphatic rings. The van der Waals surface area contributed by atoms with E-state index in [2.05, 4.69) is 22.1 Å². The standard InChI is InChI=1S/C12H12ClN3/c1-2-4-9-7-11(15-16-12(9)13)10-5-3-6-14-8-10/h3,5-8H,2,4H2,1H3. The van der Waals surface area contributed by atoms with E-state index in [0.29, 0.717) is 5.15 Å². The molecule has 0 saturated carbocycles. The lowest BCUT2D eigenvalue weighted by Crippen LogP contribution is -1.94. The molecule has 0 N–H and O–H groups in total. The SMILES string of the molecule is CCCc1cc(-c2cccnc2)nnc1Cl. The van der Waals surface area contributed by atoms with Crippen molar-refractivity contribution in [3.63, 3.8) is 0 Å². The summed E-state index contributed by atoms with van der Waals surface area (Å²) in [5.74, 6) is 0. The molecule has 0 saturated heterocycles. The number of aryl methyl sites for hydroxylation is 1. The van der Waals surface area contributed by atoms with Crippen molar-refractivity contribution < 1.29 is 0 Å². The van der Waals surface area contributed by atoms with Crippen molar-refractivity contribution in [2.45, 2.75) is 19.8 Å². The number of hydrogen-bond acceptors (Lipinski definition) is 3. The van der Waals surface area contributed by atoms with Crippen LogP contribution >= 0.6 is 11.6 Å². The molecule has 0 amide bonds. The normalized spacial score (nSPS) is 10.4. The van der Waals surface area contributed by atoms with Crippen LogP contribution in [0.4, 0.5) is 0 Å². The van der Waals surface area contributed by atoms with Crippen LogP contribution in [0.3, 0.4) is 0 Å². The van der Waals surface area contributed by atoms with Gasteiger partial charge in [0.25, 0.3) is 0 Å². The van der Waals surface area contributed by atoms with E-state index in [0.717, 1.165) is 29.7 Å². The minimum absolute atomic E-state index is 0.495. The van der Waals surface area contributed by atoms with Crippen molar-refractivity contribution >= 4 is 11.6 Å². The predicted octanol–water partition coefficient (Wildman–Crippen LogP) is 3.14. The van der Waals surface area contributed by atoms with Crippen LogP contribution in [-0.2, 0) is 6.42 Å². The van der Waals surface area contributed by atoms with Crippen molar-refractivity contribution in [1.29, 1.82) is 0 Å². The zero-order valence-electron chi connectivity index (χ0n) is 9.02. The second kappa shape index (κ2) is 5.03. The molecular formula is C12H12ClN3. The van der Waals surface area contributed by atoms with E-state index in [9.17, 15) is 0 Å². The van der Waals surface area contributed by atoms with E-state index in [4.69, 9.17) is 11.6 Å². The molecule has 2 heterocycles. The van der Waals surface area contributed by atoms with Crippen LogP contribution < -0.4 is 0 Å². The van der Waals surface area contributed by atoms with Gasteiger partial charge in [-0.15, -0.1) is 10.2 Å². The molecule has 16 heavy (non-hydrogen) atoms. The number of rotatable bonds is 3. The third kappa shape index (κ3) is 2.36. The summed E-state index contributed by atoms with van der Waals surface area (Å²) in [5, 5.41) is 8.53. The van der Waals surface area contributed by atoms with Gasteiger partial charge in [0.15, 0.2) is 5.15 Å². The van der Waals surface area contributed by atoms with Crippen LogP contribution in [0.2, 0.25) is 5.15 Å². The van der Waals surface area contributed by atoms with Gasteiger partial charge in [-0.2, -0.15) is 0 Å². The van der Waals surface area contributed by atoms with Gasteiger partial charge in [0.1, 0.15) is 0 Å². The predicted molar refractivity (Wildman–Crippen MR) is 64.3 cm³/mol. The summed E-state index contributed by atoms with van der Waals surface area (Å²) in [6.07, 6.45) is 5.47. The van der Waals surface area contributed by atoms with Crippen molar-refractivity contribution in [3.05, 3.63) is 41.3 Å². The maximum absolute atomic E-state index is 5.97. The van der Waals surface area contributed by atoms with Crippen LogP contribution in [0.25, 0.3) is 11.3 Å². The molecule has 2 rings (SSSR count). The first kappa shape index (κ1) is 11.0. The molecule has 0 bridgehead atoms. The van der Waals surface area contributed by atoms with Crippen LogP contribution in [0, 0.1) is 0 Å². The fraction of sp³-hybridized carbons (Fsp3) is 0.250. The highest BCUT2D eigenvalue weighted by molar-refractivity contribution is 6.30. The highest BCUT2D eigenvalue weighted by atomic mass is 35.5. The molecule has 2 aromatic rings. The molecule has 82 valence electrons. The highest BCUT2D eigenvalue weighted by Crippen LogP contribution is 2.20. The molecule has 0 aromatic carbocycles. The molecule has 0 aliphatic carbocycles. The summed E-state index contributed by atoms with van der Waals surface area (Å²) in [6, 6.07) is 5.82. The first-order valence-corrected chi connectivity index (χ1v) is 5.61. The first-order valence-electron chi connectivity index (χ1n) is 5.23. The van der Waals surface area contributed by atoms with Crippen molar-refractivity contribution in [1.82, 2.24) is 15.2 Å². The molecular weight excluding hydrogens is 222 g/mol. The molecule has 0 atom stereocenters. The Morgan fingerprint density at radius 1 is 1.31 bits per heavy atom. The summed E-state index contributed by atoms with van der Waals surface area (Å²) >= 11 is 5.97. The summed E-state index contributed by atoms with van der Waals surface area (Å²) < 4.78 is 0. The minimum atomic E-state index is 0.495. The summed E-state index contributed by atoms with van der Waals surface area (Å²) in [7, 11) is 0. The van der Waals surface area contributed by atoms with Gasteiger partial charge in [-0.25, -0.2) is 0 Å². The largest absolute Gasteiger partial charge is 0.264 e.